The van der Waals surface area contributed by atoms with Gasteiger partial charge in [-0.15, -0.1) is 11.3 Å². The third-order valence-electron chi connectivity index (χ3n) is 10.9. The number of halogens is 3. The zero-order valence-corrected chi connectivity index (χ0v) is 35.8. The summed E-state index contributed by atoms with van der Waals surface area (Å²) in [7, 11) is 4.96. The summed E-state index contributed by atoms with van der Waals surface area (Å²) < 4.78 is 56.4. The molecule has 3 amide bonds. The molecule has 2 heterocycles. The van der Waals surface area contributed by atoms with Gasteiger partial charge in [-0.1, -0.05) is 59.6 Å². The molecule has 17 heteroatoms. The van der Waals surface area contributed by atoms with Crippen molar-refractivity contribution in [3.8, 4) is 0 Å². The molecule has 2 aromatic rings. The number of nitrogens with zero attached hydrogens (tertiary/aromatic N) is 3. The number of hydrogen-bond donors (Lipinski definition) is 3. The number of aliphatic carboxylic acids is 1. The predicted molar refractivity (Wildman–Crippen MR) is 214 cm³/mol. The fourth-order valence-corrected chi connectivity index (χ4v) is 8.01. The predicted octanol–water partition coefficient (Wildman–Crippen LogP) is 6.18. The molecule has 58 heavy (non-hydrogen) atoms. The van der Waals surface area contributed by atoms with Gasteiger partial charge in [0.05, 0.1) is 24.1 Å². The highest BCUT2D eigenvalue weighted by Crippen LogP contribution is 2.32. The van der Waals surface area contributed by atoms with Gasteiger partial charge in [0.25, 0.3) is 5.91 Å². The number of carbonyl (C=O) groups excluding carboxylic acids is 3. The quantitative estimate of drug-likeness (QED) is 0.110. The standard InChI is InChI=1S/C41H62F3N5O8S/c1-9-26(4)35(47-37(51)32-12-10-11-17-48(32)6)39(52)49(18-19-55-7)33(25(2)3)22-34(57-24-56-8)38-46-31(23-58-38)36(50)45-30(20-27(5)40(53)54)21-28-13-15-29(16-14-28)41(42,43)44/h13-16,23,25-27,30,32-35H,9-12,17-22,24H2,1-8H3,(H,45,50)(H,47,51)(H,53,54)/t26?,27-,30+,32?,33+,34+,35?/m0/s1. The Hall–Kier alpha value is -3.64. The molecule has 326 valence electrons. The Kier molecular flexibility index (Phi) is 19.5. The first kappa shape index (κ1) is 48.7. The molecule has 3 unspecified atom stereocenters. The molecule has 3 N–H and O–H groups in total. The lowest BCUT2D eigenvalue weighted by molar-refractivity contribution is -0.144. The Bertz CT molecular complexity index is 1610. The summed E-state index contributed by atoms with van der Waals surface area (Å²) in [5.74, 6) is -3.15. The Labute approximate surface area is 344 Å². The van der Waals surface area contributed by atoms with Crippen LogP contribution in [0.25, 0.3) is 0 Å². The highest BCUT2D eigenvalue weighted by atomic mass is 32.1. The molecular weight excluding hydrogens is 780 g/mol. The minimum absolute atomic E-state index is 0.0233. The number of piperidine rings is 1. The van der Waals surface area contributed by atoms with E-state index in [9.17, 15) is 37.5 Å². The molecule has 3 rings (SSSR count). The number of rotatable bonds is 23. The van der Waals surface area contributed by atoms with Crippen molar-refractivity contribution in [3.05, 3.63) is 51.5 Å². The molecule has 1 aliphatic heterocycles. The molecule has 0 bridgehead atoms. The summed E-state index contributed by atoms with van der Waals surface area (Å²) in [6, 6.07) is 2.28. The maximum Gasteiger partial charge on any atom is 0.416 e. The second-order valence-electron chi connectivity index (χ2n) is 15.6. The van der Waals surface area contributed by atoms with E-state index < -0.39 is 53.8 Å². The molecule has 1 saturated heterocycles. The van der Waals surface area contributed by atoms with Crippen LogP contribution in [-0.4, -0.2) is 116 Å². The van der Waals surface area contributed by atoms with Gasteiger partial charge in [0, 0.05) is 44.6 Å². The maximum atomic E-state index is 14.7. The van der Waals surface area contributed by atoms with E-state index in [1.165, 1.54) is 37.5 Å². The van der Waals surface area contributed by atoms with Gasteiger partial charge in [-0.3, -0.25) is 24.1 Å². The Balaban J connectivity index is 1.89. The largest absolute Gasteiger partial charge is 0.481 e. The number of alkyl halides is 3. The second kappa shape index (κ2) is 23.2. The molecule has 0 saturated carbocycles. The fourth-order valence-electron chi connectivity index (χ4n) is 7.15. The summed E-state index contributed by atoms with van der Waals surface area (Å²) in [5.41, 5.74) is -0.273. The van der Waals surface area contributed by atoms with Gasteiger partial charge in [0.15, 0.2) is 0 Å². The van der Waals surface area contributed by atoms with Crippen LogP contribution in [0.1, 0.15) is 106 Å². The number of aromatic nitrogens is 1. The minimum atomic E-state index is -4.51. The summed E-state index contributed by atoms with van der Waals surface area (Å²) in [6.07, 6.45) is -1.51. The number of thiazole rings is 1. The average Bonchev–Trinajstić information content (AvgIpc) is 3.67. The van der Waals surface area contributed by atoms with Crippen LogP contribution in [0.2, 0.25) is 0 Å². The molecule has 1 aromatic heterocycles. The number of carboxylic acid groups (broad SMARTS) is 1. The van der Waals surface area contributed by atoms with Crippen molar-refractivity contribution in [1.82, 2.24) is 25.4 Å². The third-order valence-corrected chi connectivity index (χ3v) is 11.8. The van der Waals surface area contributed by atoms with Crippen molar-refractivity contribution in [3.63, 3.8) is 0 Å². The topological polar surface area (TPSA) is 160 Å². The number of amides is 3. The number of ether oxygens (including phenoxy) is 3. The van der Waals surface area contributed by atoms with Gasteiger partial charge in [0.1, 0.15) is 29.6 Å². The van der Waals surface area contributed by atoms with Gasteiger partial charge >= 0.3 is 12.1 Å². The van der Waals surface area contributed by atoms with Crippen LogP contribution in [-0.2, 0) is 41.2 Å². The first-order valence-electron chi connectivity index (χ1n) is 20.0. The van der Waals surface area contributed by atoms with Crippen molar-refractivity contribution >= 4 is 35.0 Å². The van der Waals surface area contributed by atoms with E-state index in [0.29, 0.717) is 17.0 Å². The Morgan fingerprint density at radius 3 is 2.29 bits per heavy atom. The first-order valence-corrected chi connectivity index (χ1v) is 20.8. The summed E-state index contributed by atoms with van der Waals surface area (Å²) in [6.45, 7) is 10.6. The first-order chi connectivity index (χ1) is 27.4. The van der Waals surface area contributed by atoms with Crippen LogP contribution in [0, 0.1) is 17.8 Å². The molecular formula is C41H62F3N5O8S. The third kappa shape index (κ3) is 14.3. The van der Waals surface area contributed by atoms with Crippen molar-refractivity contribution in [1.29, 1.82) is 0 Å². The zero-order valence-electron chi connectivity index (χ0n) is 35.0. The molecule has 0 radical (unpaired) electrons. The molecule has 1 fully saturated rings. The Morgan fingerprint density at radius 1 is 1.03 bits per heavy atom. The SMILES string of the molecule is CCC(C)C(NC(=O)C1CCCCN1C)C(=O)N(CCOC)[C@H](C[C@@H](OCOC)c1nc(C(=O)N[C@@H](Cc2ccc(C(F)(F)F)cc2)C[C@H](C)C(=O)O)cs1)C(C)C. The normalized spacial score (nSPS) is 18.2. The highest BCUT2D eigenvalue weighted by molar-refractivity contribution is 7.09. The number of carbonyl (C=O) groups is 4. The number of likely N-dealkylation sites (N-methyl/N-ethyl adjacent to an activating group) is 1. The fraction of sp³-hybridized carbons (Fsp3) is 0.683. The van der Waals surface area contributed by atoms with E-state index in [1.54, 1.807) is 17.4 Å². The van der Waals surface area contributed by atoms with E-state index in [4.69, 9.17) is 14.2 Å². The van der Waals surface area contributed by atoms with Crippen molar-refractivity contribution in [2.24, 2.45) is 17.8 Å². The lowest BCUT2D eigenvalue weighted by Gasteiger charge is -2.40. The number of likely N-dealkylation sites (tertiary alicyclic amines) is 1. The van der Waals surface area contributed by atoms with E-state index >= 15 is 0 Å². The van der Waals surface area contributed by atoms with Crippen molar-refractivity contribution in [2.75, 3.05) is 47.8 Å². The zero-order chi connectivity index (χ0) is 43.2. The van der Waals surface area contributed by atoms with E-state index in [0.717, 1.165) is 37.9 Å². The van der Waals surface area contributed by atoms with E-state index in [1.807, 2.05) is 39.6 Å². The molecule has 13 nitrogen and oxygen atoms in total. The number of hydrogen-bond acceptors (Lipinski definition) is 10. The molecule has 1 aliphatic rings. The summed E-state index contributed by atoms with van der Waals surface area (Å²) in [4.78, 5) is 62.1. The smallest absolute Gasteiger partial charge is 0.416 e. The van der Waals surface area contributed by atoms with Crippen molar-refractivity contribution < 1.29 is 51.7 Å². The minimum Gasteiger partial charge on any atom is -0.481 e. The van der Waals surface area contributed by atoms with Gasteiger partial charge in [0.2, 0.25) is 11.8 Å². The van der Waals surface area contributed by atoms with Crippen LogP contribution in [0.5, 0.6) is 0 Å². The Morgan fingerprint density at radius 2 is 1.72 bits per heavy atom. The molecule has 1 aromatic carbocycles. The highest BCUT2D eigenvalue weighted by Gasteiger charge is 2.38. The average molecular weight is 842 g/mol. The molecule has 0 spiro atoms. The van der Waals surface area contributed by atoms with Gasteiger partial charge in [-0.25, -0.2) is 4.98 Å². The van der Waals surface area contributed by atoms with Crippen LogP contribution in [0.15, 0.2) is 29.6 Å². The lowest BCUT2D eigenvalue weighted by atomic mass is 9.92. The summed E-state index contributed by atoms with van der Waals surface area (Å²) >= 11 is 1.18. The van der Waals surface area contributed by atoms with Crippen LogP contribution < -0.4 is 10.6 Å². The van der Waals surface area contributed by atoms with E-state index in [2.05, 4.69) is 15.6 Å². The van der Waals surface area contributed by atoms with Crippen molar-refractivity contribution in [2.45, 2.75) is 116 Å². The van der Waals surface area contributed by atoms with E-state index in [-0.39, 0.29) is 74.6 Å². The van der Waals surface area contributed by atoms with Crippen LogP contribution in [0.3, 0.4) is 0 Å². The van der Waals surface area contributed by atoms with Crippen LogP contribution >= 0.6 is 11.3 Å². The van der Waals surface area contributed by atoms with Gasteiger partial charge in [-0.2, -0.15) is 13.2 Å². The maximum absolute atomic E-state index is 14.7. The molecule has 7 atom stereocenters. The number of benzene rings is 1. The number of methoxy groups -OCH3 is 2. The van der Waals surface area contributed by atoms with Gasteiger partial charge < -0.3 is 34.9 Å². The molecule has 0 aliphatic carbocycles. The van der Waals surface area contributed by atoms with Gasteiger partial charge in [-0.05, 0) is 68.8 Å². The lowest BCUT2D eigenvalue weighted by Crippen LogP contribution is -2.59. The monoisotopic (exact) mass is 841 g/mol. The second-order valence-corrected chi connectivity index (χ2v) is 16.5. The summed E-state index contributed by atoms with van der Waals surface area (Å²) in [5, 5.41) is 17.5. The number of nitrogens with one attached hydrogen (secondary N) is 2. The van der Waals surface area contributed by atoms with Crippen LogP contribution in [0.4, 0.5) is 13.2 Å². The number of carboxylic acids is 1.